The smallest absolute Gasteiger partial charge is 0.212 e. The Bertz CT molecular complexity index is 284. The van der Waals surface area contributed by atoms with Gasteiger partial charge in [-0.25, -0.2) is 0 Å². The van der Waals surface area contributed by atoms with Crippen LogP contribution in [0.3, 0.4) is 0 Å². The normalized spacial score (nSPS) is 11.0. The molecule has 1 amide bonds. The van der Waals surface area contributed by atoms with Gasteiger partial charge in [-0.05, 0) is 5.56 Å². The van der Waals surface area contributed by atoms with Crippen LogP contribution in [0.4, 0.5) is 0 Å². The van der Waals surface area contributed by atoms with Gasteiger partial charge in [-0.15, -0.1) is 0 Å². The molecule has 0 spiro atoms. The molecular weight excluding hydrogens is 148 g/mol. The zero-order valence-electron chi connectivity index (χ0n) is 7.37. The minimum Gasteiger partial charge on any atom is -0.370 e. The molecule has 0 bridgehead atoms. The number of hydrogen-bond acceptors (Lipinski definition) is 1. The third-order valence-electron chi connectivity index (χ3n) is 2.11. The van der Waals surface area contributed by atoms with Crippen LogP contribution in [-0.4, -0.2) is 21.6 Å². The first-order chi connectivity index (χ1) is 5.55. The molecule has 0 radical (unpaired) electrons. The number of amides is 1. The van der Waals surface area contributed by atoms with Gasteiger partial charge < -0.3 is 5.73 Å². The molecule has 1 rings (SSSR count). The molecule has 0 aliphatic carbocycles. The quantitative estimate of drug-likeness (QED) is 0.529. The minimum absolute atomic E-state index is 0.297. The topological polar surface area (TPSA) is 43.1 Å². The second-order valence-corrected chi connectivity index (χ2v) is 3.36. The number of benzene rings is 1. The van der Waals surface area contributed by atoms with Crippen LogP contribution in [0.2, 0.25) is 0 Å². The molecule has 0 aromatic heterocycles. The van der Waals surface area contributed by atoms with E-state index in [9.17, 15) is 4.79 Å². The highest BCUT2D eigenvalue weighted by Gasteiger charge is 2.26. The summed E-state index contributed by atoms with van der Waals surface area (Å²) in [5.74, 6) is -0.297. The monoisotopic (exact) mass is 159 g/mol. The summed E-state index contributed by atoms with van der Waals surface area (Å²) in [6.45, 7) is 0. The van der Waals surface area contributed by atoms with Crippen LogP contribution < -0.4 is 5.73 Å². The molecule has 1 aromatic rings. The number of carbonyl (C=O) groups is 1. The van der Waals surface area contributed by atoms with Gasteiger partial charge in [0.25, 0.3) is 0 Å². The molecule has 0 heterocycles. The van der Waals surface area contributed by atoms with E-state index in [-0.39, 0.29) is 5.91 Å². The fraction of sp³-hybridized carbons (Fsp3) is 0.125. The Labute approximate surface area is 74.0 Å². The van der Waals surface area contributed by atoms with E-state index in [4.69, 9.17) is 5.73 Å². The van der Waals surface area contributed by atoms with Gasteiger partial charge in [0.2, 0.25) is 5.91 Å². The van der Waals surface area contributed by atoms with Crippen LogP contribution in [0.1, 0.15) is 5.56 Å². The Morgan fingerprint density at radius 1 is 1.25 bits per heavy atom. The number of nitrogens with two attached hydrogens (primary N) is 1. The van der Waals surface area contributed by atoms with Crippen molar-refractivity contribution in [2.24, 2.45) is 5.73 Å². The number of carbonyl (C=O) groups excluding carboxylic acids is 1. The summed E-state index contributed by atoms with van der Waals surface area (Å²) in [7, 11) is 3.65. The van der Waals surface area contributed by atoms with E-state index in [0.717, 1.165) is 5.56 Å². The molecule has 4 heteroatoms. The standard InChI is InChI=1S/C8H11B2NO/c9-8(10,7(11)12)6-4-2-1-3-5-6/h1-5H,9-10H2,(H2,11,12). The van der Waals surface area contributed by atoms with Crippen molar-refractivity contribution in [1.82, 2.24) is 0 Å². The summed E-state index contributed by atoms with van der Waals surface area (Å²) in [6, 6.07) is 9.54. The summed E-state index contributed by atoms with van der Waals surface area (Å²) >= 11 is 0. The summed E-state index contributed by atoms with van der Waals surface area (Å²) in [5, 5.41) is -0.568. The van der Waals surface area contributed by atoms with Gasteiger partial charge in [0.1, 0.15) is 15.7 Å². The van der Waals surface area contributed by atoms with Crippen LogP contribution in [-0.2, 0) is 10.0 Å². The van der Waals surface area contributed by atoms with E-state index in [1.807, 2.05) is 46.0 Å². The van der Waals surface area contributed by atoms with Crippen molar-refractivity contribution in [3.8, 4) is 0 Å². The molecule has 0 saturated carbocycles. The fourth-order valence-electron chi connectivity index (χ4n) is 0.997. The minimum atomic E-state index is -0.568. The lowest BCUT2D eigenvalue weighted by Gasteiger charge is -2.20. The van der Waals surface area contributed by atoms with E-state index >= 15 is 0 Å². The van der Waals surface area contributed by atoms with Gasteiger partial charge in [0, 0.05) is 5.21 Å². The zero-order valence-corrected chi connectivity index (χ0v) is 7.37. The van der Waals surface area contributed by atoms with Gasteiger partial charge in [0.05, 0.1) is 0 Å². The molecule has 1 aromatic carbocycles. The largest absolute Gasteiger partial charge is 0.370 e. The summed E-state index contributed by atoms with van der Waals surface area (Å²) in [6.07, 6.45) is 0. The second kappa shape index (κ2) is 3.05. The number of primary amides is 1. The molecular formula is C8H11B2NO. The highest BCUT2D eigenvalue weighted by molar-refractivity contribution is 6.50. The Kier molecular flexibility index (Phi) is 2.27. The maximum atomic E-state index is 11.0. The van der Waals surface area contributed by atoms with Crippen molar-refractivity contribution in [3.05, 3.63) is 35.9 Å². The van der Waals surface area contributed by atoms with E-state index in [1.165, 1.54) is 0 Å². The summed E-state index contributed by atoms with van der Waals surface area (Å²) < 4.78 is 0. The van der Waals surface area contributed by atoms with E-state index in [0.29, 0.717) is 0 Å². The van der Waals surface area contributed by atoms with Gasteiger partial charge in [-0.1, -0.05) is 30.3 Å². The van der Waals surface area contributed by atoms with Gasteiger partial charge in [-0.3, -0.25) is 4.79 Å². The molecule has 0 aliphatic heterocycles. The van der Waals surface area contributed by atoms with Gasteiger partial charge >= 0.3 is 0 Å². The summed E-state index contributed by atoms with van der Waals surface area (Å²) in [5.41, 5.74) is 6.22. The first-order valence-electron chi connectivity index (χ1n) is 3.90. The predicted molar refractivity (Wildman–Crippen MR) is 54.4 cm³/mol. The lowest BCUT2D eigenvalue weighted by atomic mass is 9.50. The van der Waals surface area contributed by atoms with E-state index < -0.39 is 5.21 Å². The third kappa shape index (κ3) is 1.52. The van der Waals surface area contributed by atoms with Crippen LogP contribution in [0.15, 0.2) is 30.3 Å². The highest BCUT2D eigenvalue weighted by atomic mass is 16.1. The van der Waals surface area contributed by atoms with Crippen molar-refractivity contribution in [2.75, 3.05) is 0 Å². The summed E-state index contributed by atoms with van der Waals surface area (Å²) in [4.78, 5) is 11.0. The maximum absolute atomic E-state index is 11.0. The molecule has 0 fully saturated rings. The van der Waals surface area contributed by atoms with Crippen LogP contribution in [0.5, 0.6) is 0 Å². The first kappa shape index (κ1) is 8.91. The van der Waals surface area contributed by atoms with Crippen LogP contribution in [0.25, 0.3) is 0 Å². The number of hydrogen-bond donors (Lipinski definition) is 1. The second-order valence-electron chi connectivity index (χ2n) is 3.36. The molecule has 0 unspecified atom stereocenters. The average molecular weight is 159 g/mol. The average Bonchev–Trinajstić information content (AvgIpc) is 2.06. The molecule has 2 N–H and O–H groups in total. The van der Waals surface area contributed by atoms with Crippen molar-refractivity contribution >= 4 is 21.6 Å². The molecule has 60 valence electrons. The third-order valence-corrected chi connectivity index (χ3v) is 2.11. The van der Waals surface area contributed by atoms with Crippen molar-refractivity contribution in [1.29, 1.82) is 0 Å². The zero-order chi connectivity index (χ0) is 9.19. The van der Waals surface area contributed by atoms with Gasteiger partial charge in [0.15, 0.2) is 0 Å². The van der Waals surface area contributed by atoms with Crippen molar-refractivity contribution < 1.29 is 4.79 Å². The molecule has 12 heavy (non-hydrogen) atoms. The Hall–Kier alpha value is -1.18. The van der Waals surface area contributed by atoms with Crippen LogP contribution in [0, 0.1) is 0 Å². The lowest BCUT2D eigenvalue weighted by Crippen LogP contribution is -2.42. The molecule has 0 atom stereocenters. The Morgan fingerprint density at radius 2 is 1.75 bits per heavy atom. The van der Waals surface area contributed by atoms with E-state index in [1.54, 1.807) is 0 Å². The first-order valence-corrected chi connectivity index (χ1v) is 3.90. The fourth-order valence-corrected chi connectivity index (χ4v) is 0.997. The highest BCUT2D eigenvalue weighted by Crippen LogP contribution is 2.15. The Balaban J connectivity index is 3.06. The van der Waals surface area contributed by atoms with Crippen molar-refractivity contribution in [2.45, 2.75) is 5.21 Å². The molecule has 0 aliphatic rings. The number of rotatable bonds is 2. The van der Waals surface area contributed by atoms with Gasteiger partial charge in [-0.2, -0.15) is 0 Å². The predicted octanol–water partition coefficient (Wildman–Crippen LogP) is -1.41. The Morgan fingerprint density at radius 3 is 2.17 bits per heavy atom. The van der Waals surface area contributed by atoms with Crippen LogP contribution >= 0.6 is 0 Å². The van der Waals surface area contributed by atoms with E-state index in [2.05, 4.69) is 0 Å². The lowest BCUT2D eigenvalue weighted by molar-refractivity contribution is -0.118. The maximum Gasteiger partial charge on any atom is 0.212 e. The molecule has 0 saturated heterocycles. The van der Waals surface area contributed by atoms with Crippen molar-refractivity contribution in [3.63, 3.8) is 0 Å². The molecule has 2 nitrogen and oxygen atoms in total. The SMILES string of the molecule is BC(B)(C(N)=O)c1ccccc1.